The van der Waals surface area contributed by atoms with Crippen molar-refractivity contribution in [2.45, 2.75) is 12.5 Å². The molecule has 9 heteroatoms. The second-order valence-electron chi connectivity index (χ2n) is 6.42. The summed E-state index contributed by atoms with van der Waals surface area (Å²) in [6, 6.07) is 10.8. The van der Waals surface area contributed by atoms with Crippen LogP contribution in [0, 0.1) is 0 Å². The number of urea groups is 1. The number of aromatic nitrogens is 2. The molecule has 1 unspecified atom stereocenters. The first-order valence-corrected chi connectivity index (χ1v) is 9.15. The highest BCUT2D eigenvalue weighted by molar-refractivity contribution is 7.10. The lowest BCUT2D eigenvalue weighted by molar-refractivity contribution is 0.0637. The molecule has 2 amide bonds. The zero-order valence-electron chi connectivity index (χ0n) is 15.3. The van der Waals surface area contributed by atoms with Crippen molar-refractivity contribution in [3.8, 4) is 11.5 Å². The molecule has 27 heavy (non-hydrogen) atoms. The summed E-state index contributed by atoms with van der Waals surface area (Å²) in [6.45, 7) is 1.77. The Labute approximate surface area is 160 Å². The van der Waals surface area contributed by atoms with E-state index < -0.39 is 11.6 Å². The number of carbonyl (C=O) groups is 1. The highest BCUT2D eigenvalue weighted by atomic mass is 32.1. The van der Waals surface area contributed by atoms with E-state index in [1.54, 1.807) is 36.1 Å². The predicted octanol–water partition coefficient (Wildman–Crippen LogP) is 2.89. The average Bonchev–Trinajstić information content (AvgIpc) is 3.33. The van der Waals surface area contributed by atoms with E-state index >= 15 is 0 Å². The molecule has 0 aliphatic rings. The molecule has 0 bridgehead atoms. The number of hydrogen-bond acceptors (Lipinski definition) is 7. The van der Waals surface area contributed by atoms with Gasteiger partial charge in [0.1, 0.15) is 5.60 Å². The zero-order chi connectivity index (χ0) is 19.4. The molecule has 2 heterocycles. The number of carbonyl (C=O) groups excluding carboxylic acids is 1. The summed E-state index contributed by atoms with van der Waals surface area (Å²) in [5.41, 5.74) is 0.249. The summed E-state index contributed by atoms with van der Waals surface area (Å²) >= 11 is 1.44. The van der Waals surface area contributed by atoms with Crippen LogP contribution in [-0.2, 0) is 5.60 Å². The van der Waals surface area contributed by atoms with Crippen molar-refractivity contribution < 1.29 is 14.3 Å². The van der Waals surface area contributed by atoms with Crippen LogP contribution in [0.4, 0.5) is 16.5 Å². The smallest absolute Gasteiger partial charge is 0.319 e. The lowest BCUT2D eigenvalue weighted by Gasteiger charge is -2.22. The van der Waals surface area contributed by atoms with Gasteiger partial charge >= 0.3 is 12.0 Å². The van der Waals surface area contributed by atoms with E-state index in [4.69, 9.17) is 4.42 Å². The van der Waals surface area contributed by atoms with Crippen molar-refractivity contribution in [3.05, 3.63) is 46.7 Å². The Balaban J connectivity index is 1.57. The third kappa shape index (κ3) is 4.63. The minimum absolute atomic E-state index is 0.104. The van der Waals surface area contributed by atoms with Crippen LogP contribution in [0.2, 0.25) is 0 Å². The average molecular weight is 387 g/mol. The molecule has 0 radical (unpaired) electrons. The maximum Gasteiger partial charge on any atom is 0.319 e. The molecule has 142 valence electrons. The monoisotopic (exact) mass is 387 g/mol. The number of hydrogen-bond donors (Lipinski definition) is 3. The fraction of sp³-hybridized carbons (Fsp3) is 0.278. The van der Waals surface area contributed by atoms with Gasteiger partial charge in [-0.15, -0.1) is 16.4 Å². The molecule has 0 spiro atoms. The van der Waals surface area contributed by atoms with E-state index in [1.807, 2.05) is 31.6 Å². The predicted molar refractivity (Wildman–Crippen MR) is 105 cm³/mol. The Kier molecular flexibility index (Phi) is 5.43. The standard InChI is InChI=1S/C18H21N5O3S/c1-18(25,14-5-4-10-27-14)11-19-16(24)20-13-8-6-12(7-9-13)15-21-22-17(26-15)23(2)3/h4-10,25H,11H2,1-3H3,(H2,19,20,24). The van der Waals surface area contributed by atoms with Crippen molar-refractivity contribution >= 4 is 29.1 Å². The summed E-state index contributed by atoms with van der Waals surface area (Å²) in [6.07, 6.45) is 0. The number of aliphatic hydroxyl groups is 1. The molecule has 0 aliphatic carbocycles. The number of amides is 2. The number of benzene rings is 1. The Morgan fingerprint density at radius 3 is 2.59 bits per heavy atom. The molecule has 3 aromatic rings. The van der Waals surface area contributed by atoms with Gasteiger partial charge < -0.3 is 25.1 Å². The van der Waals surface area contributed by atoms with Gasteiger partial charge in [0, 0.05) is 30.2 Å². The lowest BCUT2D eigenvalue weighted by Crippen LogP contribution is -2.40. The van der Waals surface area contributed by atoms with Crippen molar-refractivity contribution in [3.63, 3.8) is 0 Å². The van der Waals surface area contributed by atoms with Crippen molar-refractivity contribution in [1.29, 1.82) is 0 Å². The largest absolute Gasteiger partial charge is 0.403 e. The van der Waals surface area contributed by atoms with Crippen molar-refractivity contribution in [2.75, 3.05) is 30.9 Å². The normalized spacial score (nSPS) is 13.0. The van der Waals surface area contributed by atoms with Gasteiger partial charge in [-0.1, -0.05) is 11.2 Å². The van der Waals surface area contributed by atoms with Crippen LogP contribution in [0.25, 0.3) is 11.5 Å². The van der Waals surface area contributed by atoms with E-state index in [9.17, 15) is 9.90 Å². The van der Waals surface area contributed by atoms with Crippen LogP contribution >= 0.6 is 11.3 Å². The molecule has 0 fully saturated rings. The lowest BCUT2D eigenvalue weighted by atomic mass is 10.1. The van der Waals surface area contributed by atoms with E-state index in [2.05, 4.69) is 20.8 Å². The first-order chi connectivity index (χ1) is 12.8. The van der Waals surface area contributed by atoms with Gasteiger partial charge in [-0.25, -0.2) is 4.79 Å². The van der Waals surface area contributed by atoms with Gasteiger partial charge in [-0.3, -0.25) is 0 Å². The van der Waals surface area contributed by atoms with E-state index in [0.29, 0.717) is 17.6 Å². The summed E-state index contributed by atoms with van der Waals surface area (Å²) in [5.74, 6) is 0.404. The number of rotatable bonds is 6. The number of nitrogens with zero attached hydrogens (tertiary/aromatic N) is 3. The van der Waals surface area contributed by atoms with Crippen LogP contribution in [0.3, 0.4) is 0 Å². The minimum atomic E-state index is -1.11. The fourth-order valence-electron chi connectivity index (χ4n) is 2.31. The van der Waals surface area contributed by atoms with E-state index in [0.717, 1.165) is 10.4 Å². The van der Waals surface area contributed by atoms with Crippen LogP contribution in [0.15, 0.2) is 46.2 Å². The molecule has 0 saturated heterocycles. The molecule has 2 aromatic heterocycles. The first kappa shape index (κ1) is 18.9. The number of thiophene rings is 1. The van der Waals surface area contributed by atoms with E-state index in [-0.39, 0.29) is 6.54 Å². The Bertz CT molecular complexity index is 888. The number of nitrogens with one attached hydrogen (secondary N) is 2. The molecular weight excluding hydrogens is 366 g/mol. The van der Waals surface area contributed by atoms with Crippen LogP contribution in [-0.4, -0.2) is 42.0 Å². The van der Waals surface area contributed by atoms with Gasteiger partial charge in [0.2, 0.25) is 5.89 Å². The Morgan fingerprint density at radius 2 is 2.00 bits per heavy atom. The first-order valence-electron chi connectivity index (χ1n) is 8.27. The number of anilines is 2. The fourth-order valence-corrected chi connectivity index (χ4v) is 3.10. The zero-order valence-corrected chi connectivity index (χ0v) is 16.1. The van der Waals surface area contributed by atoms with Gasteiger partial charge in [0.15, 0.2) is 0 Å². The Morgan fingerprint density at radius 1 is 1.26 bits per heavy atom. The van der Waals surface area contributed by atoms with Gasteiger partial charge in [-0.05, 0) is 42.6 Å². The summed E-state index contributed by atoms with van der Waals surface area (Å²) in [7, 11) is 3.64. The highest BCUT2D eigenvalue weighted by Crippen LogP contribution is 2.25. The Hall–Kier alpha value is -2.91. The molecule has 8 nitrogen and oxygen atoms in total. The summed E-state index contributed by atoms with van der Waals surface area (Å²) < 4.78 is 5.54. The quantitative estimate of drug-likeness (QED) is 0.601. The molecule has 1 aromatic carbocycles. The van der Waals surface area contributed by atoms with Crippen molar-refractivity contribution in [2.24, 2.45) is 0 Å². The van der Waals surface area contributed by atoms with Gasteiger partial charge in [-0.2, -0.15) is 0 Å². The maximum absolute atomic E-state index is 12.1. The van der Waals surface area contributed by atoms with Crippen molar-refractivity contribution in [1.82, 2.24) is 15.5 Å². The van der Waals surface area contributed by atoms with Crippen LogP contribution in [0.5, 0.6) is 0 Å². The highest BCUT2D eigenvalue weighted by Gasteiger charge is 2.24. The second kappa shape index (κ2) is 7.77. The third-order valence-electron chi connectivity index (χ3n) is 3.83. The molecule has 1 atom stereocenters. The summed E-state index contributed by atoms with van der Waals surface area (Å²) in [5, 5.41) is 25.7. The molecule has 0 saturated carbocycles. The van der Waals surface area contributed by atoms with Crippen LogP contribution in [0.1, 0.15) is 11.8 Å². The van der Waals surface area contributed by atoms with E-state index in [1.165, 1.54) is 11.3 Å². The SMILES string of the molecule is CN(C)c1nnc(-c2ccc(NC(=O)NCC(C)(O)c3cccs3)cc2)o1. The molecule has 3 N–H and O–H groups in total. The van der Waals surface area contributed by atoms with Gasteiger partial charge in [0.25, 0.3) is 0 Å². The third-order valence-corrected chi connectivity index (χ3v) is 4.95. The van der Waals surface area contributed by atoms with Gasteiger partial charge in [0.05, 0.1) is 6.54 Å². The topological polar surface area (TPSA) is 104 Å². The van der Waals surface area contributed by atoms with Crippen LogP contribution < -0.4 is 15.5 Å². The minimum Gasteiger partial charge on any atom is -0.403 e. The second-order valence-corrected chi connectivity index (χ2v) is 7.37. The molecule has 3 rings (SSSR count). The summed E-state index contributed by atoms with van der Waals surface area (Å²) in [4.78, 5) is 14.6. The molecular formula is C18H21N5O3S. The maximum atomic E-state index is 12.1. The molecule has 0 aliphatic heterocycles.